The predicted molar refractivity (Wildman–Crippen MR) is 82.6 cm³/mol. The Morgan fingerprint density at radius 1 is 1.14 bits per heavy atom. The Labute approximate surface area is 130 Å². The van der Waals surface area contributed by atoms with Gasteiger partial charge in [0, 0.05) is 23.3 Å². The summed E-state index contributed by atoms with van der Waals surface area (Å²) in [6, 6.07) is 8.20. The lowest BCUT2D eigenvalue weighted by Gasteiger charge is -2.04. The van der Waals surface area contributed by atoms with Gasteiger partial charge < -0.3 is 0 Å². The highest BCUT2D eigenvalue weighted by Gasteiger charge is 2.16. The van der Waals surface area contributed by atoms with Crippen LogP contribution in [0.5, 0.6) is 0 Å². The van der Waals surface area contributed by atoms with Gasteiger partial charge in [0.2, 0.25) is 0 Å². The average molecular weight is 335 g/mol. The quantitative estimate of drug-likeness (QED) is 0.795. The van der Waals surface area contributed by atoms with Gasteiger partial charge in [-0.15, -0.1) is 11.3 Å². The molecule has 2 aromatic heterocycles. The standard InChI is InChI=1S/C14H10FN3O2S2/c15-11-3-5-12(6-4-11)22(19,20)18-14-17-13(9-21-14)10-2-1-7-16-8-10/h1-9H,(H,17,18). The molecule has 0 saturated carbocycles. The van der Waals surface area contributed by atoms with Crippen molar-refractivity contribution in [3.8, 4) is 11.3 Å². The second-order valence-electron chi connectivity index (χ2n) is 4.34. The minimum absolute atomic E-state index is 0.0213. The van der Waals surface area contributed by atoms with E-state index in [1.165, 1.54) is 23.5 Å². The molecule has 0 aliphatic rings. The summed E-state index contributed by atoms with van der Waals surface area (Å²) in [4.78, 5) is 8.19. The smallest absolute Gasteiger partial charge is 0.263 e. The van der Waals surface area contributed by atoms with Crippen molar-refractivity contribution in [2.45, 2.75) is 4.90 Å². The normalized spacial score (nSPS) is 11.3. The van der Waals surface area contributed by atoms with Gasteiger partial charge in [0.05, 0.1) is 10.6 Å². The number of hydrogen-bond donors (Lipinski definition) is 1. The van der Waals surface area contributed by atoms with Crippen LogP contribution in [0.3, 0.4) is 0 Å². The van der Waals surface area contributed by atoms with E-state index in [1.54, 1.807) is 23.8 Å². The summed E-state index contributed by atoms with van der Waals surface area (Å²) in [5.41, 5.74) is 1.43. The molecule has 3 rings (SSSR count). The summed E-state index contributed by atoms with van der Waals surface area (Å²) in [6.45, 7) is 0. The third kappa shape index (κ3) is 3.12. The number of sulfonamides is 1. The fraction of sp³-hybridized carbons (Fsp3) is 0. The maximum atomic E-state index is 12.9. The molecule has 0 spiro atoms. The van der Waals surface area contributed by atoms with Crippen LogP contribution in [0.2, 0.25) is 0 Å². The Hall–Kier alpha value is -2.32. The van der Waals surface area contributed by atoms with E-state index in [0.717, 1.165) is 17.7 Å². The molecule has 8 heteroatoms. The van der Waals surface area contributed by atoms with Crippen LogP contribution in [0.1, 0.15) is 0 Å². The monoisotopic (exact) mass is 335 g/mol. The van der Waals surface area contributed by atoms with Crippen molar-refractivity contribution < 1.29 is 12.8 Å². The largest absolute Gasteiger partial charge is 0.264 e. The fourth-order valence-electron chi connectivity index (χ4n) is 1.76. The predicted octanol–water partition coefficient (Wildman–Crippen LogP) is 3.15. The van der Waals surface area contributed by atoms with Crippen molar-refractivity contribution in [2.24, 2.45) is 0 Å². The Kier molecular flexibility index (Phi) is 3.86. The molecule has 0 amide bonds. The van der Waals surface area contributed by atoms with Crippen molar-refractivity contribution in [3.05, 3.63) is 60.0 Å². The summed E-state index contributed by atoms with van der Waals surface area (Å²) in [6.07, 6.45) is 3.29. The first kappa shape index (κ1) is 14.6. The van der Waals surface area contributed by atoms with Gasteiger partial charge in [0.25, 0.3) is 10.0 Å². The molecule has 0 atom stereocenters. The molecule has 0 aliphatic carbocycles. The van der Waals surface area contributed by atoms with Gasteiger partial charge in [-0.2, -0.15) is 0 Å². The third-order valence-electron chi connectivity index (χ3n) is 2.81. The number of benzene rings is 1. The van der Waals surface area contributed by atoms with E-state index in [1.807, 2.05) is 6.07 Å². The van der Waals surface area contributed by atoms with Gasteiger partial charge in [0.15, 0.2) is 5.13 Å². The summed E-state index contributed by atoms with van der Waals surface area (Å²) >= 11 is 1.17. The van der Waals surface area contributed by atoms with Crippen molar-refractivity contribution >= 4 is 26.5 Å². The number of pyridine rings is 1. The number of nitrogens with one attached hydrogen (secondary N) is 1. The molecule has 112 valence electrons. The lowest BCUT2D eigenvalue weighted by molar-refractivity contribution is 0.599. The topological polar surface area (TPSA) is 72.0 Å². The van der Waals surface area contributed by atoms with Crippen molar-refractivity contribution in [2.75, 3.05) is 4.72 Å². The molecule has 22 heavy (non-hydrogen) atoms. The number of halogens is 1. The van der Waals surface area contributed by atoms with Crippen LogP contribution in [0.15, 0.2) is 59.1 Å². The molecule has 1 N–H and O–H groups in total. The van der Waals surface area contributed by atoms with E-state index in [4.69, 9.17) is 0 Å². The Balaban J connectivity index is 1.84. The number of nitrogens with zero attached hydrogens (tertiary/aromatic N) is 2. The summed E-state index contributed by atoms with van der Waals surface area (Å²) in [5, 5.41) is 1.97. The van der Waals surface area contributed by atoms with Gasteiger partial charge in [0.1, 0.15) is 5.82 Å². The van der Waals surface area contributed by atoms with Gasteiger partial charge in [-0.25, -0.2) is 17.8 Å². The van der Waals surface area contributed by atoms with E-state index in [-0.39, 0.29) is 10.0 Å². The SMILES string of the molecule is O=S(=O)(Nc1nc(-c2cccnc2)cs1)c1ccc(F)cc1. The molecular formula is C14H10FN3O2S2. The van der Waals surface area contributed by atoms with Crippen LogP contribution in [0, 0.1) is 5.82 Å². The van der Waals surface area contributed by atoms with Crippen molar-refractivity contribution in [1.82, 2.24) is 9.97 Å². The van der Waals surface area contributed by atoms with E-state index < -0.39 is 15.8 Å². The van der Waals surface area contributed by atoms with Crippen LogP contribution in [-0.2, 0) is 10.0 Å². The summed E-state index contributed by atoms with van der Waals surface area (Å²) in [7, 11) is -3.78. The van der Waals surface area contributed by atoms with Crippen LogP contribution in [0.4, 0.5) is 9.52 Å². The number of anilines is 1. The molecule has 0 bridgehead atoms. The number of hydrogen-bond acceptors (Lipinski definition) is 5. The van der Waals surface area contributed by atoms with Gasteiger partial charge >= 0.3 is 0 Å². The third-order valence-corrected chi connectivity index (χ3v) is 5.05. The number of rotatable bonds is 4. The highest BCUT2D eigenvalue weighted by Crippen LogP contribution is 2.26. The maximum Gasteiger partial charge on any atom is 0.263 e. The van der Waals surface area contributed by atoms with Gasteiger partial charge in [-0.05, 0) is 36.4 Å². The lowest BCUT2D eigenvalue weighted by atomic mass is 10.2. The highest BCUT2D eigenvalue weighted by molar-refractivity contribution is 7.93. The minimum Gasteiger partial charge on any atom is -0.264 e. The Morgan fingerprint density at radius 3 is 2.59 bits per heavy atom. The zero-order valence-corrected chi connectivity index (χ0v) is 12.7. The van der Waals surface area contributed by atoms with E-state index in [2.05, 4.69) is 14.7 Å². The average Bonchev–Trinajstić information content (AvgIpc) is 2.96. The first-order valence-electron chi connectivity index (χ1n) is 6.19. The van der Waals surface area contributed by atoms with Crippen molar-refractivity contribution in [1.29, 1.82) is 0 Å². The van der Waals surface area contributed by atoms with E-state index in [0.29, 0.717) is 5.69 Å². The van der Waals surface area contributed by atoms with Crippen LogP contribution in [-0.4, -0.2) is 18.4 Å². The minimum atomic E-state index is -3.78. The molecule has 1 aromatic carbocycles. The van der Waals surface area contributed by atoms with Crippen LogP contribution >= 0.6 is 11.3 Å². The van der Waals surface area contributed by atoms with Crippen LogP contribution in [0.25, 0.3) is 11.3 Å². The first-order valence-corrected chi connectivity index (χ1v) is 8.55. The molecule has 0 unspecified atom stereocenters. The Morgan fingerprint density at radius 2 is 1.91 bits per heavy atom. The van der Waals surface area contributed by atoms with E-state index in [9.17, 15) is 12.8 Å². The molecule has 5 nitrogen and oxygen atoms in total. The van der Waals surface area contributed by atoms with Crippen molar-refractivity contribution in [3.63, 3.8) is 0 Å². The summed E-state index contributed by atoms with van der Waals surface area (Å²) in [5.74, 6) is -0.493. The zero-order valence-electron chi connectivity index (χ0n) is 11.1. The zero-order chi connectivity index (χ0) is 15.6. The molecule has 0 fully saturated rings. The molecule has 3 aromatic rings. The van der Waals surface area contributed by atoms with E-state index >= 15 is 0 Å². The summed E-state index contributed by atoms with van der Waals surface area (Å²) < 4.78 is 39.6. The first-order chi connectivity index (χ1) is 10.5. The van der Waals surface area contributed by atoms with Crippen LogP contribution < -0.4 is 4.72 Å². The van der Waals surface area contributed by atoms with Gasteiger partial charge in [-0.3, -0.25) is 9.71 Å². The second kappa shape index (κ2) is 5.82. The Bertz CT molecular complexity index is 878. The highest BCUT2D eigenvalue weighted by atomic mass is 32.2. The molecule has 0 saturated heterocycles. The molecule has 0 radical (unpaired) electrons. The molecule has 2 heterocycles. The molecule has 0 aliphatic heterocycles. The molecular weight excluding hydrogens is 325 g/mol. The number of aromatic nitrogens is 2. The lowest BCUT2D eigenvalue weighted by Crippen LogP contribution is -2.12. The second-order valence-corrected chi connectivity index (χ2v) is 6.88. The maximum absolute atomic E-state index is 12.9. The fourth-order valence-corrected chi connectivity index (χ4v) is 3.73. The number of thiazole rings is 1. The van der Waals surface area contributed by atoms with Gasteiger partial charge in [-0.1, -0.05) is 0 Å².